The van der Waals surface area contributed by atoms with Crippen molar-refractivity contribution < 1.29 is 17.9 Å². The number of benzene rings is 1. The Morgan fingerprint density at radius 2 is 1.93 bits per heavy atom. The number of ether oxygens (including phenoxy) is 1. The van der Waals surface area contributed by atoms with E-state index >= 15 is 0 Å². The molecule has 1 aromatic rings. The van der Waals surface area contributed by atoms with E-state index in [4.69, 9.17) is 4.74 Å². The van der Waals surface area contributed by atoms with Crippen LogP contribution < -0.4 is 4.74 Å². The molecule has 15 heavy (non-hydrogen) atoms. The normalized spacial score (nSPS) is 18.5. The van der Waals surface area contributed by atoms with Crippen molar-refractivity contribution in [1.82, 2.24) is 0 Å². The van der Waals surface area contributed by atoms with Crippen LogP contribution in [0.25, 0.3) is 0 Å². The summed E-state index contributed by atoms with van der Waals surface area (Å²) in [5.41, 5.74) is -0.00567. The summed E-state index contributed by atoms with van der Waals surface area (Å²) in [6, 6.07) is 3.69. The SMILES string of the molecule is CC1(C)COc2cc(C(F)(F)F)ccc21. The van der Waals surface area contributed by atoms with Crippen LogP contribution in [0.15, 0.2) is 18.2 Å². The van der Waals surface area contributed by atoms with E-state index in [1.54, 1.807) is 0 Å². The van der Waals surface area contributed by atoms with Crippen LogP contribution in [0.3, 0.4) is 0 Å². The lowest BCUT2D eigenvalue weighted by atomic mass is 9.86. The summed E-state index contributed by atoms with van der Waals surface area (Å²) in [4.78, 5) is 0. The van der Waals surface area contributed by atoms with Gasteiger partial charge >= 0.3 is 6.18 Å². The molecule has 0 amide bonds. The van der Waals surface area contributed by atoms with Crippen molar-refractivity contribution in [3.8, 4) is 5.75 Å². The van der Waals surface area contributed by atoms with Gasteiger partial charge in [0, 0.05) is 11.0 Å². The molecule has 1 heterocycles. The van der Waals surface area contributed by atoms with Gasteiger partial charge in [-0.3, -0.25) is 0 Å². The minimum absolute atomic E-state index is 0.195. The molecule has 82 valence electrons. The van der Waals surface area contributed by atoms with Crippen LogP contribution in [0.2, 0.25) is 0 Å². The van der Waals surface area contributed by atoms with Crippen LogP contribution in [0, 0.1) is 0 Å². The fourth-order valence-corrected chi connectivity index (χ4v) is 1.71. The Morgan fingerprint density at radius 3 is 2.53 bits per heavy atom. The van der Waals surface area contributed by atoms with Gasteiger partial charge in [0.15, 0.2) is 0 Å². The molecule has 0 spiro atoms. The third kappa shape index (κ3) is 1.68. The maximum atomic E-state index is 12.4. The van der Waals surface area contributed by atoms with E-state index in [2.05, 4.69) is 0 Å². The van der Waals surface area contributed by atoms with Crippen molar-refractivity contribution in [3.05, 3.63) is 29.3 Å². The molecule has 1 aliphatic heterocycles. The molecule has 0 atom stereocenters. The Kier molecular flexibility index (Phi) is 2.00. The lowest BCUT2D eigenvalue weighted by Crippen LogP contribution is -2.18. The van der Waals surface area contributed by atoms with E-state index < -0.39 is 11.7 Å². The van der Waals surface area contributed by atoms with Gasteiger partial charge in [0.1, 0.15) is 5.75 Å². The van der Waals surface area contributed by atoms with Crippen molar-refractivity contribution in [3.63, 3.8) is 0 Å². The smallest absolute Gasteiger partial charge is 0.416 e. The largest absolute Gasteiger partial charge is 0.492 e. The first-order valence-electron chi connectivity index (χ1n) is 4.65. The number of alkyl halides is 3. The monoisotopic (exact) mass is 216 g/mol. The van der Waals surface area contributed by atoms with Crippen molar-refractivity contribution in [1.29, 1.82) is 0 Å². The molecule has 0 saturated heterocycles. The highest BCUT2D eigenvalue weighted by molar-refractivity contribution is 5.45. The van der Waals surface area contributed by atoms with E-state index in [0.717, 1.165) is 17.7 Å². The van der Waals surface area contributed by atoms with Gasteiger partial charge in [-0.15, -0.1) is 0 Å². The molecule has 0 saturated carbocycles. The highest BCUT2D eigenvalue weighted by atomic mass is 19.4. The summed E-state index contributed by atoms with van der Waals surface area (Å²) in [5, 5.41) is 0. The predicted octanol–water partition coefficient (Wildman–Crippen LogP) is 3.38. The molecule has 0 unspecified atom stereocenters. The van der Waals surface area contributed by atoms with E-state index in [9.17, 15) is 13.2 Å². The van der Waals surface area contributed by atoms with Gasteiger partial charge < -0.3 is 4.74 Å². The average Bonchev–Trinajstić information content (AvgIpc) is 2.41. The average molecular weight is 216 g/mol. The van der Waals surface area contributed by atoms with Crippen molar-refractivity contribution >= 4 is 0 Å². The summed E-state index contributed by atoms with van der Waals surface area (Å²) in [7, 11) is 0. The zero-order valence-corrected chi connectivity index (χ0v) is 8.48. The topological polar surface area (TPSA) is 9.23 Å². The van der Waals surface area contributed by atoms with Gasteiger partial charge in [-0.05, 0) is 12.1 Å². The lowest BCUT2D eigenvalue weighted by Gasteiger charge is -2.15. The second kappa shape index (κ2) is 2.90. The van der Waals surface area contributed by atoms with E-state index in [1.807, 2.05) is 13.8 Å². The summed E-state index contributed by atoms with van der Waals surface area (Å²) < 4.78 is 42.4. The van der Waals surface area contributed by atoms with Gasteiger partial charge in [0.2, 0.25) is 0 Å². The summed E-state index contributed by atoms with van der Waals surface area (Å²) in [6.45, 7) is 4.34. The van der Waals surface area contributed by atoms with Gasteiger partial charge in [0.05, 0.1) is 12.2 Å². The Morgan fingerprint density at radius 1 is 1.27 bits per heavy atom. The molecule has 0 radical (unpaired) electrons. The standard InChI is InChI=1S/C11H11F3O/c1-10(2)6-15-9-5-7(11(12,13)14)3-4-8(9)10/h3-5H,6H2,1-2H3. The van der Waals surface area contributed by atoms with Gasteiger partial charge in [-0.1, -0.05) is 19.9 Å². The molecule has 0 aromatic heterocycles. The fourth-order valence-electron chi connectivity index (χ4n) is 1.71. The molecule has 0 fully saturated rings. The maximum absolute atomic E-state index is 12.4. The third-order valence-corrected chi connectivity index (χ3v) is 2.63. The van der Waals surface area contributed by atoms with Crippen molar-refractivity contribution in [2.24, 2.45) is 0 Å². The molecule has 1 aromatic carbocycles. The summed E-state index contributed by atoms with van der Waals surface area (Å²) in [6.07, 6.45) is -4.30. The molecule has 4 heteroatoms. The number of hydrogen-bond acceptors (Lipinski definition) is 1. The van der Waals surface area contributed by atoms with E-state index in [0.29, 0.717) is 12.4 Å². The first kappa shape index (κ1) is 10.3. The molecule has 1 nitrogen and oxygen atoms in total. The Bertz CT molecular complexity index is 393. The second-order valence-corrected chi connectivity index (χ2v) is 4.38. The van der Waals surface area contributed by atoms with Gasteiger partial charge in [-0.2, -0.15) is 13.2 Å². The number of halogens is 3. The first-order chi connectivity index (χ1) is 6.81. The Hall–Kier alpha value is -1.19. The Labute approximate surface area is 85.9 Å². The van der Waals surface area contributed by atoms with Crippen molar-refractivity contribution in [2.45, 2.75) is 25.4 Å². The molecular weight excluding hydrogens is 205 g/mol. The van der Waals surface area contributed by atoms with Crippen molar-refractivity contribution in [2.75, 3.05) is 6.61 Å². The molecule has 0 aliphatic carbocycles. The van der Waals surface area contributed by atoms with Crippen LogP contribution in [0.1, 0.15) is 25.0 Å². The zero-order valence-electron chi connectivity index (χ0n) is 8.48. The van der Waals surface area contributed by atoms with E-state index in [1.165, 1.54) is 6.07 Å². The van der Waals surface area contributed by atoms with Gasteiger partial charge in [-0.25, -0.2) is 0 Å². The number of fused-ring (bicyclic) bond motifs is 1. The summed E-state index contributed by atoms with van der Waals surface area (Å²) >= 11 is 0. The lowest BCUT2D eigenvalue weighted by molar-refractivity contribution is -0.137. The minimum Gasteiger partial charge on any atom is -0.492 e. The molecule has 0 bridgehead atoms. The highest BCUT2D eigenvalue weighted by Gasteiger charge is 2.36. The Balaban J connectivity index is 2.47. The van der Waals surface area contributed by atoms with Crippen LogP contribution in [-0.4, -0.2) is 6.61 Å². The zero-order chi connectivity index (χ0) is 11.3. The van der Waals surface area contributed by atoms with E-state index in [-0.39, 0.29) is 5.41 Å². The molecule has 1 aliphatic rings. The van der Waals surface area contributed by atoms with Crippen LogP contribution in [0.5, 0.6) is 5.75 Å². The molecule has 0 N–H and O–H groups in total. The highest BCUT2D eigenvalue weighted by Crippen LogP contribution is 2.41. The second-order valence-electron chi connectivity index (χ2n) is 4.38. The number of rotatable bonds is 0. The molecule has 2 rings (SSSR count). The van der Waals surface area contributed by atoms with Crippen LogP contribution >= 0.6 is 0 Å². The van der Waals surface area contributed by atoms with Crippen LogP contribution in [-0.2, 0) is 11.6 Å². The molecular formula is C11H11F3O. The summed E-state index contributed by atoms with van der Waals surface area (Å²) in [5.74, 6) is 0.356. The number of hydrogen-bond donors (Lipinski definition) is 0. The third-order valence-electron chi connectivity index (χ3n) is 2.63. The quantitative estimate of drug-likeness (QED) is 0.646. The first-order valence-corrected chi connectivity index (χ1v) is 4.65. The minimum atomic E-state index is -4.30. The van der Waals surface area contributed by atoms with Gasteiger partial charge in [0.25, 0.3) is 0 Å². The predicted molar refractivity (Wildman–Crippen MR) is 50.0 cm³/mol. The van der Waals surface area contributed by atoms with Crippen LogP contribution in [0.4, 0.5) is 13.2 Å². The maximum Gasteiger partial charge on any atom is 0.416 e. The fraction of sp³-hybridized carbons (Fsp3) is 0.455.